The maximum atomic E-state index is 11.4. The summed E-state index contributed by atoms with van der Waals surface area (Å²) in [6, 6.07) is 0. The minimum atomic E-state index is -0.289. The Kier molecular flexibility index (Phi) is 4.94. The van der Waals surface area contributed by atoms with Crippen LogP contribution in [0.25, 0.3) is 0 Å². The molecule has 0 heterocycles. The number of esters is 2. The van der Waals surface area contributed by atoms with Crippen molar-refractivity contribution in [1.82, 2.24) is 0 Å². The van der Waals surface area contributed by atoms with E-state index in [0.717, 1.165) is 6.42 Å². The van der Waals surface area contributed by atoms with Crippen LogP contribution in [0.3, 0.4) is 0 Å². The molecule has 0 aliphatic heterocycles. The molecule has 4 heteroatoms. The fraction of sp³-hybridized carbons (Fsp3) is 0.538. The molecule has 1 N–H and O–H groups in total. The topological polar surface area (TPSA) is 56.9 Å². The first-order chi connectivity index (χ1) is 8.10. The van der Waals surface area contributed by atoms with Crippen molar-refractivity contribution in [3.05, 3.63) is 23.8 Å². The van der Waals surface area contributed by atoms with E-state index >= 15 is 0 Å². The van der Waals surface area contributed by atoms with Crippen LogP contribution in [0.1, 0.15) is 20.3 Å². The van der Waals surface area contributed by atoms with E-state index in [1.54, 1.807) is 12.2 Å². The van der Waals surface area contributed by atoms with Crippen molar-refractivity contribution in [3.8, 4) is 0 Å². The van der Waals surface area contributed by atoms with E-state index in [4.69, 9.17) is 9.47 Å². The third-order valence-electron chi connectivity index (χ3n) is 2.66. The predicted molar refractivity (Wildman–Crippen MR) is 65.1 cm³/mol. The standard InChI is InChI=1S/C13H18O4/c1-4-7-17-12(14)10-5-6-11(9(2)8-10)13(15)16-3/h5-6,8-9,11H,4,7H2,1-3H3/p+1. The Balaban J connectivity index is 2.66. The molecule has 1 aliphatic carbocycles. The minimum Gasteiger partial charge on any atom is -0.469 e. The molecule has 1 aliphatic rings. The van der Waals surface area contributed by atoms with Gasteiger partial charge in [0.2, 0.25) is 0 Å². The minimum absolute atomic E-state index is 0.0187. The molecular formula is C13H19O4+. The average Bonchev–Trinajstić information content (AvgIpc) is 2.34. The van der Waals surface area contributed by atoms with Gasteiger partial charge in [-0.1, -0.05) is 26.0 Å². The van der Waals surface area contributed by atoms with Gasteiger partial charge in [-0.15, -0.1) is 0 Å². The van der Waals surface area contributed by atoms with Crippen LogP contribution in [0, 0.1) is 11.8 Å². The molecule has 94 valence electrons. The molecule has 1 rings (SSSR count). The summed E-state index contributed by atoms with van der Waals surface area (Å²) in [6.07, 6.45) is 6.07. The molecule has 0 bridgehead atoms. The highest BCUT2D eigenvalue weighted by Gasteiger charge is 2.29. The number of hydrogen-bond donors (Lipinski definition) is 0. The molecule has 0 aromatic carbocycles. The molecule has 2 atom stereocenters. The summed E-state index contributed by atoms with van der Waals surface area (Å²) in [7, 11) is 1.37. The quantitative estimate of drug-likeness (QED) is 0.555. The number of ether oxygens (including phenoxy) is 2. The fourth-order valence-corrected chi connectivity index (χ4v) is 1.68. The SMILES string of the molecule is CCCOC(=[OH+])C1=CC(C)C(C(=O)OC)C=C1. The normalized spacial score (nSPS) is 22.9. The van der Waals surface area contributed by atoms with E-state index in [1.807, 2.05) is 19.9 Å². The summed E-state index contributed by atoms with van der Waals surface area (Å²) < 4.78 is 9.84. The Morgan fingerprint density at radius 2 is 2.24 bits per heavy atom. The van der Waals surface area contributed by atoms with Gasteiger partial charge in [0.05, 0.1) is 13.0 Å². The van der Waals surface area contributed by atoms with Gasteiger partial charge in [0.1, 0.15) is 5.57 Å². The number of carbonyl (C=O) groups is 1. The van der Waals surface area contributed by atoms with Crippen LogP contribution in [-0.2, 0) is 14.3 Å². The van der Waals surface area contributed by atoms with E-state index in [2.05, 4.69) is 0 Å². The largest absolute Gasteiger partial charge is 0.517 e. The Morgan fingerprint density at radius 3 is 2.76 bits per heavy atom. The highest BCUT2D eigenvalue weighted by atomic mass is 16.5. The predicted octanol–water partition coefficient (Wildman–Crippen LogP) is 1.84. The first-order valence-electron chi connectivity index (χ1n) is 5.77. The summed E-state index contributed by atoms with van der Waals surface area (Å²) in [5.74, 6) is -0.658. The number of allylic oxidation sites excluding steroid dienone is 1. The Bertz CT molecular complexity index is 354. The lowest BCUT2D eigenvalue weighted by Crippen LogP contribution is -2.24. The number of hydrogen-bond acceptors (Lipinski definition) is 3. The van der Waals surface area contributed by atoms with Gasteiger partial charge in [-0.2, -0.15) is 0 Å². The summed E-state index contributed by atoms with van der Waals surface area (Å²) in [5.41, 5.74) is 0.617. The molecule has 0 radical (unpaired) electrons. The van der Waals surface area contributed by atoms with Crippen molar-refractivity contribution in [2.45, 2.75) is 20.3 Å². The van der Waals surface area contributed by atoms with Gasteiger partial charge < -0.3 is 14.3 Å². The monoisotopic (exact) mass is 239 g/mol. The smallest absolute Gasteiger partial charge is 0.469 e. The van der Waals surface area contributed by atoms with Crippen LogP contribution in [-0.4, -0.2) is 30.4 Å². The third-order valence-corrected chi connectivity index (χ3v) is 2.66. The van der Waals surface area contributed by atoms with Crippen molar-refractivity contribution in [2.75, 3.05) is 13.7 Å². The Morgan fingerprint density at radius 1 is 1.53 bits per heavy atom. The summed E-state index contributed by atoms with van der Waals surface area (Å²) in [4.78, 5) is 21.1. The highest BCUT2D eigenvalue weighted by Crippen LogP contribution is 2.24. The molecule has 2 unspecified atom stereocenters. The van der Waals surface area contributed by atoms with Crippen LogP contribution in [0.4, 0.5) is 0 Å². The molecular weight excluding hydrogens is 220 g/mol. The highest BCUT2D eigenvalue weighted by molar-refractivity contribution is 5.93. The van der Waals surface area contributed by atoms with E-state index in [9.17, 15) is 9.59 Å². The van der Waals surface area contributed by atoms with Gasteiger partial charge >= 0.3 is 11.9 Å². The zero-order chi connectivity index (χ0) is 12.8. The van der Waals surface area contributed by atoms with Crippen molar-refractivity contribution >= 4 is 11.9 Å². The lowest BCUT2D eigenvalue weighted by atomic mass is 9.87. The fourth-order valence-electron chi connectivity index (χ4n) is 1.68. The Labute approximate surface area is 101 Å². The van der Waals surface area contributed by atoms with Crippen LogP contribution in [0.15, 0.2) is 23.8 Å². The van der Waals surface area contributed by atoms with Crippen LogP contribution < -0.4 is 0 Å². The molecule has 0 aromatic rings. The number of methoxy groups -OCH3 is 1. The maximum Gasteiger partial charge on any atom is 0.517 e. The first kappa shape index (κ1) is 13.5. The zero-order valence-electron chi connectivity index (χ0n) is 10.5. The van der Waals surface area contributed by atoms with Crippen molar-refractivity contribution in [3.63, 3.8) is 0 Å². The average molecular weight is 239 g/mol. The molecule has 0 spiro atoms. The van der Waals surface area contributed by atoms with Gasteiger partial charge in [-0.3, -0.25) is 4.79 Å². The van der Waals surface area contributed by atoms with Crippen molar-refractivity contribution in [1.29, 1.82) is 0 Å². The summed E-state index contributed by atoms with van der Waals surface area (Å²) in [5, 5.41) is 0. The van der Waals surface area contributed by atoms with E-state index in [0.29, 0.717) is 12.2 Å². The van der Waals surface area contributed by atoms with Gasteiger partial charge in [-0.25, -0.2) is 0 Å². The van der Waals surface area contributed by atoms with Crippen LogP contribution in [0.2, 0.25) is 0 Å². The second kappa shape index (κ2) is 6.23. The van der Waals surface area contributed by atoms with E-state index < -0.39 is 0 Å². The lowest BCUT2D eigenvalue weighted by molar-refractivity contribution is -0.144. The third kappa shape index (κ3) is 3.44. The van der Waals surface area contributed by atoms with Gasteiger partial charge in [-0.05, 0) is 12.0 Å². The Hall–Kier alpha value is -1.58. The molecule has 0 saturated carbocycles. The zero-order valence-corrected chi connectivity index (χ0v) is 10.5. The second-order valence-corrected chi connectivity index (χ2v) is 4.04. The molecule has 4 nitrogen and oxygen atoms in total. The van der Waals surface area contributed by atoms with Gasteiger partial charge in [0.25, 0.3) is 0 Å². The number of rotatable bonds is 4. The maximum absolute atomic E-state index is 11.4. The molecule has 0 aromatic heterocycles. The summed E-state index contributed by atoms with van der Waals surface area (Å²) >= 11 is 0. The second-order valence-electron chi connectivity index (χ2n) is 4.04. The molecule has 0 saturated heterocycles. The van der Waals surface area contributed by atoms with E-state index in [-0.39, 0.29) is 23.8 Å². The van der Waals surface area contributed by atoms with Crippen LogP contribution >= 0.6 is 0 Å². The van der Waals surface area contributed by atoms with Gasteiger partial charge in [0.15, 0.2) is 6.61 Å². The molecule has 0 amide bonds. The molecule has 17 heavy (non-hydrogen) atoms. The first-order valence-corrected chi connectivity index (χ1v) is 5.77. The van der Waals surface area contributed by atoms with E-state index in [1.165, 1.54) is 7.11 Å². The van der Waals surface area contributed by atoms with Gasteiger partial charge in [0, 0.05) is 6.42 Å². The molecule has 0 fully saturated rings. The summed E-state index contributed by atoms with van der Waals surface area (Å²) in [6.45, 7) is 4.35. The van der Waals surface area contributed by atoms with Crippen LogP contribution in [0.5, 0.6) is 0 Å². The van der Waals surface area contributed by atoms with Crippen molar-refractivity contribution < 1.29 is 19.1 Å². The lowest BCUT2D eigenvalue weighted by Gasteiger charge is -2.18. The van der Waals surface area contributed by atoms with Crippen molar-refractivity contribution in [2.24, 2.45) is 11.8 Å². The number of carbonyl (C=O) groups excluding carboxylic acids is 2.